The number of amides is 1. The third-order valence-corrected chi connectivity index (χ3v) is 4.85. The number of carbonyl (C=O) groups excluding carboxylic acids is 1. The third-order valence-electron chi connectivity index (χ3n) is 4.85. The van der Waals surface area contributed by atoms with Gasteiger partial charge in [0.05, 0.1) is 18.8 Å². The van der Waals surface area contributed by atoms with Crippen LogP contribution in [0.1, 0.15) is 34.8 Å². The van der Waals surface area contributed by atoms with E-state index in [4.69, 9.17) is 0 Å². The van der Waals surface area contributed by atoms with Gasteiger partial charge in [-0.05, 0) is 36.5 Å². The van der Waals surface area contributed by atoms with Crippen LogP contribution in [0.2, 0.25) is 0 Å². The molecule has 0 saturated heterocycles. The lowest BCUT2D eigenvalue weighted by molar-refractivity contribution is -0.135. The number of hydrogen-bond donors (Lipinski definition) is 1. The van der Waals surface area contributed by atoms with Gasteiger partial charge in [-0.3, -0.25) is 9.48 Å². The molecule has 1 aliphatic heterocycles. The summed E-state index contributed by atoms with van der Waals surface area (Å²) in [6, 6.07) is 7.85. The summed E-state index contributed by atoms with van der Waals surface area (Å²) in [7, 11) is 1.91. The van der Waals surface area contributed by atoms with Gasteiger partial charge in [-0.15, -0.1) is 0 Å². The molecule has 0 unspecified atom stereocenters. The van der Waals surface area contributed by atoms with Crippen LogP contribution in [0.4, 0.5) is 0 Å². The van der Waals surface area contributed by atoms with E-state index in [9.17, 15) is 9.90 Å². The maximum atomic E-state index is 12.7. The van der Waals surface area contributed by atoms with Crippen molar-refractivity contribution in [3.05, 3.63) is 52.8 Å². The normalized spacial score (nSPS) is 17.2. The molecule has 1 aromatic carbocycles. The molecule has 0 spiro atoms. The lowest BCUT2D eigenvalue weighted by atomic mass is 9.92. The first-order chi connectivity index (χ1) is 11.1. The smallest absolute Gasteiger partial charge is 0.223 e. The van der Waals surface area contributed by atoms with Crippen LogP contribution >= 0.6 is 0 Å². The zero-order valence-corrected chi connectivity index (χ0v) is 13.7. The van der Waals surface area contributed by atoms with Crippen LogP contribution in [-0.4, -0.2) is 38.8 Å². The molecule has 1 amide bonds. The molecule has 0 saturated carbocycles. The van der Waals surface area contributed by atoms with Crippen molar-refractivity contribution >= 4 is 5.91 Å². The minimum atomic E-state index is -0.220. The molecule has 1 N–H and O–H groups in total. The molecule has 5 nitrogen and oxygen atoms in total. The molecule has 1 aromatic heterocycles. The fraction of sp³-hybridized carbons (Fsp3) is 0.444. The summed E-state index contributed by atoms with van der Waals surface area (Å²) in [6.45, 7) is 2.66. The number of aryl methyl sites for hydroxylation is 2. The Morgan fingerprint density at radius 1 is 1.39 bits per heavy atom. The SMILES string of the molecule is Cc1c(CCC(=O)N2CCc3ccccc3[C@H]2CO)cnn1C. The number of carbonyl (C=O) groups is 1. The van der Waals surface area contributed by atoms with Gasteiger partial charge >= 0.3 is 0 Å². The Morgan fingerprint density at radius 2 is 2.17 bits per heavy atom. The molecule has 122 valence electrons. The summed E-state index contributed by atoms with van der Waals surface area (Å²) in [5, 5.41) is 14.0. The molecule has 1 atom stereocenters. The van der Waals surface area contributed by atoms with Crippen molar-refractivity contribution < 1.29 is 9.90 Å². The first kappa shape index (κ1) is 15.7. The summed E-state index contributed by atoms with van der Waals surface area (Å²) in [5.74, 6) is 0.0989. The highest BCUT2D eigenvalue weighted by Crippen LogP contribution is 2.30. The van der Waals surface area contributed by atoms with E-state index in [0.717, 1.165) is 23.2 Å². The molecule has 0 bridgehead atoms. The predicted octanol–water partition coefficient (Wildman–Crippen LogP) is 1.78. The van der Waals surface area contributed by atoms with E-state index < -0.39 is 0 Å². The first-order valence-electron chi connectivity index (χ1n) is 8.07. The summed E-state index contributed by atoms with van der Waals surface area (Å²) in [5.41, 5.74) is 4.52. The highest BCUT2D eigenvalue weighted by Gasteiger charge is 2.29. The second-order valence-corrected chi connectivity index (χ2v) is 6.11. The minimum absolute atomic E-state index is 0.0331. The molecule has 23 heavy (non-hydrogen) atoms. The Morgan fingerprint density at radius 3 is 2.87 bits per heavy atom. The van der Waals surface area contributed by atoms with Crippen molar-refractivity contribution in [2.24, 2.45) is 7.05 Å². The van der Waals surface area contributed by atoms with Gasteiger partial charge in [0.25, 0.3) is 0 Å². The molecule has 1 aliphatic rings. The zero-order chi connectivity index (χ0) is 16.4. The number of benzene rings is 1. The topological polar surface area (TPSA) is 58.4 Å². The number of hydrogen-bond acceptors (Lipinski definition) is 3. The van der Waals surface area contributed by atoms with Crippen LogP contribution in [0.15, 0.2) is 30.5 Å². The Balaban J connectivity index is 1.71. The van der Waals surface area contributed by atoms with Crippen LogP contribution in [0.25, 0.3) is 0 Å². The fourth-order valence-electron chi connectivity index (χ4n) is 3.32. The number of rotatable bonds is 4. The van der Waals surface area contributed by atoms with Crippen molar-refractivity contribution in [1.82, 2.24) is 14.7 Å². The van der Waals surface area contributed by atoms with E-state index in [0.29, 0.717) is 19.4 Å². The number of aliphatic hydroxyl groups is 1. The van der Waals surface area contributed by atoms with E-state index >= 15 is 0 Å². The quantitative estimate of drug-likeness (QED) is 0.936. The fourth-order valence-corrected chi connectivity index (χ4v) is 3.32. The van der Waals surface area contributed by atoms with Crippen molar-refractivity contribution in [2.45, 2.75) is 32.2 Å². The molecular formula is C18H23N3O2. The lowest BCUT2D eigenvalue weighted by Crippen LogP contribution is -2.41. The summed E-state index contributed by atoms with van der Waals surface area (Å²) >= 11 is 0. The largest absolute Gasteiger partial charge is 0.394 e. The van der Waals surface area contributed by atoms with Gasteiger partial charge < -0.3 is 10.0 Å². The van der Waals surface area contributed by atoms with Crippen LogP contribution in [0.5, 0.6) is 0 Å². The van der Waals surface area contributed by atoms with E-state index in [1.54, 1.807) is 0 Å². The highest BCUT2D eigenvalue weighted by atomic mass is 16.3. The number of aromatic nitrogens is 2. The number of nitrogens with zero attached hydrogens (tertiary/aromatic N) is 3. The standard InChI is InChI=1S/C18H23N3O2/c1-13-15(11-19-20(13)2)7-8-18(23)21-10-9-14-5-3-4-6-16(14)17(21)12-22/h3-6,11,17,22H,7-10,12H2,1-2H3/t17-/m1/s1. The Bertz CT molecular complexity index is 708. The summed E-state index contributed by atoms with van der Waals surface area (Å²) < 4.78 is 1.83. The average molecular weight is 313 g/mol. The molecule has 2 aromatic rings. The third kappa shape index (κ3) is 3.01. The molecule has 0 aliphatic carbocycles. The van der Waals surface area contributed by atoms with Crippen LogP contribution in [0.3, 0.4) is 0 Å². The van der Waals surface area contributed by atoms with Crippen molar-refractivity contribution in [1.29, 1.82) is 0 Å². The van der Waals surface area contributed by atoms with Gasteiger partial charge in [-0.2, -0.15) is 5.10 Å². The van der Waals surface area contributed by atoms with Crippen LogP contribution in [-0.2, 0) is 24.7 Å². The summed E-state index contributed by atoms with van der Waals surface area (Å²) in [4.78, 5) is 14.5. The second-order valence-electron chi connectivity index (χ2n) is 6.11. The van der Waals surface area contributed by atoms with Crippen LogP contribution < -0.4 is 0 Å². The highest BCUT2D eigenvalue weighted by molar-refractivity contribution is 5.77. The Labute approximate surface area is 136 Å². The van der Waals surface area contributed by atoms with Gasteiger partial charge in [-0.25, -0.2) is 0 Å². The molecular weight excluding hydrogens is 290 g/mol. The molecule has 5 heteroatoms. The monoisotopic (exact) mass is 313 g/mol. The predicted molar refractivity (Wildman–Crippen MR) is 88.0 cm³/mol. The van der Waals surface area contributed by atoms with Crippen LogP contribution in [0, 0.1) is 6.92 Å². The van der Waals surface area contributed by atoms with Gasteiger partial charge in [0.15, 0.2) is 0 Å². The van der Waals surface area contributed by atoms with Gasteiger partial charge in [0, 0.05) is 25.7 Å². The van der Waals surface area contributed by atoms with Gasteiger partial charge in [0.2, 0.25) is 5.91 Å². The van der Waals surface area contributed by atoms with Gasteiger partial charge in [-0.1, -0.05) is 24.3 Å². The van der Waals surface area contributed by atoms with Crippen molar-refractivity contribution in [3.63, 3.8) is 0 Å². The van der Waals surface area contributed by atoms with E-state index in [1.165, 1.54) is 5.56 Å². The molecule has 0 fully saturated rings. The zero-order valence-electron chi connectivity index (χ0n) is 13.7. The first-order valence-corrected chi connectivity index (χ1v) is 8.07. The molecule has 0 radical (unpaired) electrons. The number of aliphatic hydroxyl groups excluding tert-OH is 1. The van der Waals surface area contributed by atoms with Crippen molar-refractivity contribution in [3.8, 4) is 0 Å². The van der Waals surface area contributed by atoms with E-state index in [2.05, 4.69) is 11.2 Å². The summed E-state index contributed by atoms with van der Waals surface area (Å²) in [6.07, 6.45) is 3.82. The Hall–Kier alpha value is -2.14. The van der Waals surface area contributed by atoms with E-state index in [1.807, 2.05) is 47.9 Å². The van der Waals surface area contributed by atoms with Crippen molar-refractivity contribution in [2.75, 3.05) is 13.2 Å². The minimum Gasteiger partial charge on any atom is -0.394 e. The Kier molecular flexibility index (Phi) is 4.48. The lowest BCUT2D eigenvalue weighted by Gasteiger charge is -2.36. The molecule has 3 rings (SSSR count). The molecule has 2 heterocycles. The van der Waals surface area contributed by atoms with Gasteiger partial charge in [0.1, 0.15) is 0 Å². The number of fused-ring (bicyclic) bond motifs is 1. The average Bonchev–Trinajstić information content (AvgIpc) is 2.90. The maximum absolute atomic E-state index is 12.7. The maximum Gasteiger partial charge on any atom is 0.223 e. The second kappa shape index (κ2) is 6.54. The van der Waals surface area contributed by atoms with E-state index in [-0.39, 0.29) is 18.6 Å².